The molecule has 6 rings (SSSR count). The molecule has 2 aromatic carbocycles. The number of rotatable bonds is 4. The lowest BCUT2D eigenvalue weighted by Crippen LogP contribution is -2.38. The lowest BCUT2D eigenvalue weighted by atomic mass is 9.79. The van der Waals surface area contributed by atoms with Crippen LogP contribution in [0.5, 0.6) is 0 Å². The first-order valence-corrected chi connectivity index (χ1v) is 12.7. The Morgan fingerprint density at radius 3 is 2.43 bits per heavy atom. The average Bonchev–Trinajstić information content (AvgIpc) is 3.38. The number of amides is 2. The molecule has 0 saturated carbocycles. The predicted molar refractivity (Wildman–Crippen MR) is 144 cm³/mol. The number of nitrogens with zero attached hydrogens (tertiary/aromatic N) is 3. The van der Waals surface area contributed by atoms with E-state index in [9.17, 15) is 9.59 Å². The van der Waals surface area contributed by atoms with Crippen molar-refractivity contribution in [2.45, 2.75) is 52.1 Å². The first kappa shape index (κ1) is 23.3. The third kappa shape index (κ3) is 4.06. The molecule has 1 atom stereocenters. The highest BCUT2D eigenvalue weighted by Gasteiger charge is 2.51. The smallest absolute Gasteiger partial charge is 0.237 e. The maximum atomic E-state index is 13.3. The molecule has 0 saturated heterocycles. The summed E-state index contributed by atoms with van der Waals surface area (Å²) in [6, 6.07) is 20.4. The molecule has 1 N–H and O–H groups in total. The molecule has 2 amide bonds. The van der Waals surface area contributed by atoms with Crippen molar-refractivity contribution < 1.29 is 9.59 Å². The minimum Gasteiger partial charge on any atom is -0.334 e. The number of pyridine rings is 2. The van der Waals surface area contributed by atoms with Crippen molar-refractivity contribution in [2.24, 2.45) is 5.41 Å². The van der Waals surface area contributed by atoms with Gasteiger partial charge in [-0.25, -0.2) is 4.98 Å². The van der Waals surface area contributed by atoms with E-state index in [1.807, 2.05) is 74.3 Å². The molecule has 1 aliphatic carbocycles. The van der Waals surface area contributed by atoms with E-state index >= 15 is 0 Å². The summed E-state index contributed by atoms with van der Waals surface area (Å²) in [5, 5.41) is 4.01. The molecule has 0 radical (unpaired) electrons. The van der Waals surface area contributed by atoms with Crippen LogP contribution in [0.1, 0.15) is 48.6 Å². The number of hydrogen-bond donors (Lipinski definition) is 1. The largest absolute Gasteiger partial charge is 0.334 e. The summed E-state index contributed by atoms with van der Waals surface area (Å²) in [6.45, 7) is 6.90. The van der Waals surface area contributed by atoms with E-state index in [1.165, 1.54) is 5.56 Å². The Hall–Kier alpha value is -4.06. The molecule has 2 aromatic heterocycles. The molecule has 0 bridgehead atoms. The van der Waals surface area contributed by atoms with Gasteiger partial charge in [-0.1, -0.05) is 57.2 Å². The van der Waals surface area contributed by atoms with Gasteiger partial charge in [0.25, 0.3) is 0 Å². The first-order valence-electron chi connectivity index (χ1n) is 12.7. The number of carbonyl (C=O) groups is 2. The zero-order valence-electron chi connectivity index (χ0n) is 21.4. The molecule has 186 valence electrons. The third-order valence-electron chi connectivity index (χ3n) is 7.55. The summed E-state index contributed by atoms with van der Waals surface area (Å²) < 4.78 is 0. The molecule has 6 nitrogen and oxygen atoms in total. The summed E-state index contributed by atoms with van der Waals surface area (Å²) in [5.41, 5.74) is 5.22. The van der Waals surface area contributed by atoms with Crippen LogP contribution in [-0.4, -0.2) is 26.7 Å². The molecule has 6 heteroatoms. The van der Waals surface area contributed by atoms with Crippen LogP contribution in [-0.2, 0) is 40.9 Å². The topological polar surface area (TPSA) is 75.2 Å². The number of anilines is 1. The van der Waals surface area contributed by atoms with Crippen LogP contribution >= 0.6 is 0 Å². The van der Waals surface area contributed by atoms with E-state index in [1.54, 1.807) is 6.20 Å². The SMILES string of the molecule is CC(C)(C)C(=O)N(Cc1ccccc1)Cc1cnc2cc3c(cc2c1)C[C@@]1(C3)C(=O)Nc2ncccc21. The van der Waals surface area contributed by atoms with Gasteiger partial charge in [0.05, 0.1) is 10.9 Å². The van der Waals surface area contributed by atoms with E-state index in [0.29, 0.717) is 31.7 Å². The number of hydrogen-bond acceptors (Lipinski definition) is 4. The number of fused-ring (bicyclic) bond motifs is 4. The van der Waals surface area contributed by atoms with Crippen LogP contribution in [0.25, 0.3) is 10.9 Å². The van der Waals surface area contributed by atoms with E-state index in [2.05, 4.69) is 28.5 Å². The standard InChI is InChI=1S/C31H30N4O2/c1-30(2,3)29(37)35(18-20-8-5-4-6-9-20)19-21-12-22-13-23-15-31(16-24(23)14-26(22)33-17-21)25-10-7-11-32-27(25)34-28(31)36/h4-14,17H,15-16,18-19H2,1-3H3,(H,32,34,36)/t31-/m0/s1. The lowest BCUT2D eigenvalue weighted by Gasteiger charge is -2.30. The van der Waals surface area contributed by atoms with Crippen molar-refractivity contribution in [1.82, 2.24) is 14.9 Å². The van der Waals surface area contributed by atoms with Crippen molar-refractivity contribution in [2.75, 3.05) is 5.32 Å². The zero-order chi connectivity index (χ0) is 25.8. The summed E-state index contributed by atoms with van der Waals surface area (Å²) >= 11 is 0. The van der Waals surface area contributed by atoms with Gasteiger partial charge in [-0.05, 0) is 59.4 Å². The van der Waals surface area contributed by atoms with Gasteiger partial charge in [0.2, 0.25) is 11.8 Å². The van der Waals surface area contributed by atoms with Gasteiger partial charge < -0.3 is 10.2 Å². The molecule has 37 heavy (non-hydrogen) atoms. The monoisotopic (exact) mass is 490 g/mol. The minimum absolute atomic E-state index is 0.0207. The molecule has 1 aliphatic heterocycles. The average molecular weight is 491 g/mol. The van der Waals surface area contributed by atoms with Gasteiger partial charge in [-0.2, -0.15) is 0 Å². The van der Waals surface area contributed by atoms with E-state index < -0.39 is 10.8 Å². The van der Waals surface area contributed by atoms with Crippen LogP contribution in [0.3, 0.4) is 0 Å². The van der Waals surface area contributed by atoms with Crippen molar-refractivity contribution in [3.8, 4) is 0 Å². The fourth-order valence-electron chi connectivity index (χ4n) is 5.73. The van der Waals surface area contributed by atoms with Gasteiger partial charge in [0.15, 0.2) is 0 Å². The maximum Gasteiger partial charge on any atom is 0.237 e. The molecular formula is C31H30N4O2. The Bertz CT molecular complexity index is 1540. The molecule has 2 aliphatic rings. The molecule has 1 spiro atoms. The zero-order valence-corrected chi connectivity index (χ0v) is 21.4. The van der Waals surface area contributed by atoms with Crippen LogP contribution < -0.4 is 5.32 Å². The Kier molecular flexibility index (Phi) is 5.37. The second-order valence-corrected chi connectivity index (χ2v) is 11.3. The highest BCUT2D eigenvalue weighted by molar-refractivity contribution is 6.06. The number of carbonyl (C=O) groups excluding carboxylic acids is 2. The van der Waals surface area contributed by atoms with E-state index in [0.717, 1.165) is 33.2 Å². The number of nitrogens with one attached hydrogen (secondary N) is 1. The van der Waals surface area contributed by atoms with Crippen molar-refractivity contribution in [1.29, 1.82) is 0 Å². The summed E-state index contributed by atoms with van der Waals surface area (Å²) in [4.78, 5) is 37.5. The lowest BCUT2D eigenvalue weighted by molar-refractivity contribution is -0.140. The Morgan fingerprint density at radius 1 is 0.946 bits per heavy atom. The third-order valence-corrected chi connectivity index (χ3v) is 7.55. The fraction of sp³-hybridized carbons (Fsp3) is 0.290. The second kappa shape index (κ2) is 8.51. The molecule has 3 heterocycles. The van der Waals surface area contributed by atoms with E-state index in [-0.39, 0.29) is 11.8 Å². The van der Waals surface area contributed by atoms with Crippen molar-refractivity contribution in [3.05, 3.63) is 101 Å². The van der Waals surface area contributed by atoms with Crippen LogP contribution in [0.15, 0.2) is 73.1 Å². The molecule has 0 fully saturated rings. The van der Waals surface area contributed by atoms with Gasteiger partial charge in [-0.15, -0.1) is 0 Å². The Morgan fingerprint density at radius 2 is 1.68 bits per heavy atom. The molecule has 0 unspecified atom stereocenters. The van der Waals surface area contributed by atoms with Gasteiger partial charge in [-0.3, -0.25) is 14.6 Å². The highest BCUT2D eigenvalue weighted by atomic mass is 16.2. The van der Waals surface area contributed by atoms with Gasteiger partial charge in [0.1, 0.15) is 5.82 Å². The van der Waals surface area contributed by atoms with Gasteiger partial charge >= 0.3 is 0 Å². The van der Waals surface area contributed by atoms with Crippen molar-refractivity contribution >= 4 is 28.5 Å². The number of aromatic nitrogens is 2. The quantitative estimate of drug-likeness (QED) is 0.427. The Balaban J connectivity index is 1.31. The van der Waals surface area contributed by atoms with E-state index in [4.69, 9.17) is 4.98 Å². The van der Waals surface area contributed by atoms with Gasteiger partial charge in [0, 0.05) is 41.8 Å². The van der Waals surface area contributed by atoms with Crippen LogP contribution in [0.4, 0.5) is 5.82 Å². The van der Waals surface area contributed by atoms with Crippen LogP contribution in [0.2, 0.25) is 0 Å². The summed E-state index contributed by atoms with van der Waals surface area (Å²) in [7, 11) is 0. The highest BCUT2D eigenvalue weighted by Crippen LogP contribution is 2.47. The Labute approximate surface area is 216 Å². The van der Waals surface area contributed by atoms with Crippen molar-refractivity contribution in [3.63, 3.8) is 0 Å². The van der Waals surface area contributed by atoms with Crippen LogP contribution in [0, 0.1) is 5.41 Å². The first-order chi connectivity index (χ1) is 17.7. The molecular weight excluding hydrogens is 460 g/mol. The molecule has 4 aromatic rings. The normalized spacial score (nSPS) is 18.1. The fourth-order valence-corrected chi connectivity index (χ4v) is 5.73. The summed E-state index contributed by atoms with van der Waals surface area (Å²) in [6.07, 6.45) is 4.88. The predicted octanol–water partition coefficient (Wildman–Crippen LogP) is 5.19. The maximum absolute atomic E-state index is 13.3. The number of benzene rings is 2. The second-order valence-electron chi connectivity index (χ2n) is 11.3. The summed E-state index contributed by atoms with van der Waals surface area (Å²) in [5.74, 6) is 0.798. The minimum atomic E-state index is -0.599.